The molecule has 0 fully saturated rings. The van der Waals surface area contributed by atoms with E-state index in [1.54, 1.807) is 0 Å². The van der Waals surface area contributed by atoms with Gasteiger partial charge in [0.15, 0.2) is 6.10 Å². The van der Waals surface area contributed by atoms with E-state index >= 15 is 0 Å². The molecule has 0 unspecified atom stereocenters. The number of hydrogen-bond donors (Lipinski definition) is 1. The molecule has 22 heavy (non-hydrogen) atoms. The minimum absolute atomic E-state index is 0.0183. The third-order valence-electron chi connectivity index (χ3n) is 4.16. The van der Waals surface area contributed by atoms with Crippen LogP contribution in [0.25, 0.3) is 0 Å². The van der Waals surface area contributed by atoms with E-state index < -0.39 is 0 Å². The average molecular weight is 297 g/mol. The Kier molecular flexibility index (Phi) is 4.76. The van der Waals surface area contributed by atoms with Gasteiger partial charge >= 0.3 is 0 Å². The highest BCUT2D eigenvalue weighted by Crippen LogP contribution is 2.34. The second-order valence-corrected chi connectivity index (χ2v) is 5.61. The molecule has 0 spiro atoms. The maximum absolute atomic E-state index is 6.40. The molecule has 1 N–H and O–H groups in total. The first-order chi connectivity index (χ1) is 10.8. The zero-order chi connectivity index (χ0) is 15.4. The molecule has 3 nitrogen and oxygen atoms in total. The predicted octanol–water partition coefficient (Wildman–Crippen LogP) is 3.49. The first-order valence-electron chi connectivity index (χ1n) is 7.92. The number of nitrogens with one attached hydrogen (secondary N) is 1. The number of rotatable bonds is 5. The molecule has 2 aromatic carbocycles. The molecule has 3 heteroatoms. The number of fused-ring (bicyclic) bond motifs is 1. The van der Waals surface area contributed by atoms with Crippen molar-refractivity contribution < 1.29 is 9.47 Å². The SMILES string of the molecule is CCc1ccccc1O[C@H]1c2ccccc2CO[C@@H]1CNC. The molecule has 0 aromatic heterocycles. The fraction of sp³-hybridized carbons (Fsp3) is 0.368. The standard InChI is InChI=1S/C19H23NO2/c1-3-14-8-5-7-11-17(14)22-19-16-10-6-4-9-15(16)13-21-18(19)12-20-2/h4-11,18-20H,3,12-13H2,1-2H3/t18-,19+/m1/s1. The van der Waals surface area contributed by atoms with E-state index in [1.807, 2.05) is 19.2 Å². The summed E-state index contributed by atoms with van der Waals surface area (Å²) in [6, 6.07) is 16.6. The van der Waals surface area contributed by atoms with Gasteiger partial charge in [0, 0.05) is 12.1 Å². The molecule has 2 atom stereocenters. The molecule has 0 aliphatic carbocycles. The maximum Gasteiger partial charge on any atom is 0.151 e. The van der Waals surface area contributed by atoms with E-state index in [1.165, 1.54) is 16.7 Å². The lowest BCUT2D eigenvalue weighted by Crippen LogP contribution is -2.38. The minimum Gasteiger partial charge on any atom is -0.483 e. The van der Waals surface area contributed by atoms with Gasteiger partial charge in [-0.3, -0.25) is 0 Å². The summed E-state index contributed by atoms with van der Waals surface area (Å²) >= 11 is 0. The zero-order valence-corrected chi connectivity index (χ0v) is 13.2. The Morgan fingerprint density at radius 1 is 1.14 bits per heavy atom. The van der Waals surface area contributed by atoms with Gasteiger partial charge in [-0.1, -0.05) is 49.4 Å². The van der Waals surface area contributed by atoms with Gasteiger partial charge in [0.1, 0.15) is 11.9 Å². The van der Waals surface area contributed by atoms with E-state index in [0.29, 0.717) is 6.61 Å². The smallest absolute Gasteiger partial charge is 0.151 e. The number of para-hydroxylation sites is 1. The van der Waals surface area contributed by atoms with Crippen LogP contribution in [0, 0.1) is 0 Å². The number of hydrogen-bond acceptors (Lipinski definition) is 3. The van der Waals surface area contributed by atoms with E-state index in [2.05, 4.69) is 48.6 Å². The summed E-state index contributed by atoms with van der Waals surface area (Å²) < 4.78 is 12.4. The van der Waals surface area contributed by atoms with Crippen molar-refractivity contribution >= 4 is 0 Å². The molecule has 1 aliphatic rings. The van der Waals surface area contributed by atoms with Crippen molar-refractivity contribution in [3.8, 4) is 5.75 Å². The summed E-state index contributed by atoms with van der Waals surface area (Å²) in [5, 5.41) is 3.21. The summed E-state index contributed by atoms with van der Waals surface area (Å²) in [6.45, 7) is 3.57. The average Bonchev–Trinajstić information content (AvgIpc) is 2.57. The zero-order valence-electron chi connectivity index (χ0n) is 13.2. The van der Waals surface area contributed by atoms with Crippen LogP contribution in [0.5, 0.6) is 5.75 Å². The quantitative estimate of drug-likeness (QED) is 0.916. The van der Waals surface area contributed by atoms with Crippen molar-refractivity contribution in [1.29, 1.82) is 0 Å². The molecule has 0 bridgehead atoms. The van der Waals surface area contributed by atoms with Crippen LogP contribution in [-0.4, -0.2) is 19.7 Å². The molecule has 1 aliphatic heterocycles. The van der Waals surface area contributed by atoms with Crippen molar-refractivity contribution in [2.75, 3.05) is 13.6 Å². The second kappa shape index (κ2) is 6.95. The molecule has 0 amide bonds. The molecule has 116 valence electrons. The van der Waals surface area contributed by atoms with Crippen LogP contribution in [0.2, 0.25) is 0 Å². The predicted molar refractivity (Wildman–Crippen MR) is 88.1 cm³/mol. The fourth-order valence-electron chi connectivity index (χ4n) is 2.98. The minimum atomic E-state index is -0.0786. The third kappa shape index (κ3) is 3.01. The molecule has 0 saturated heterocycles. The lowest BCUT2D eigenvalue weighted by molar-refractivity contribution is -0.0499. The van der Waals surface area contributed by atoms with Crippen LogP contribution < -0.4 is 10.1 Å². The number of aryl methyl sites for hydroxylation is 1. The van der Waals surface area contributed by atoms with Crippen LogP contribution in [0.1, 0.15) is 29.7 Å². The molecule has 0 radical (unpaired) electrons. The van der Waals surface area contributed by atoms with E-state index in [9.17, 15) is 0 Å². The molecule has 2 aromatic rings. The van der Waals surface area contributed by atoms with Gasteiger partial charge < -0.3 is 14.8 Å². The van der Waals surface area contributed by atoms with Crippen molar-refractivity contribution in [2.45, 2.75) is 32.2 Å². The Morgan fingerprint density at radius 2 is 1.91 bits per heavy atom. The Labute approximate surface area is 132 Å². The van der Waals surface area contributed by atoms with Gasteiger partial charge in [-0.25, -0.2) is 0 Å². The summed E-state index contributed by atoms with van der Waals surface area (Å²) in [5.41, 5.74) is 3.68. The normalized spacial score (nSPS) is 20.5. The Balaban J connectivity index is 1.94. The van der Waals surface area contributed by atoms with Crippen molar-refractivity contribution in [3.63, 3.8) is 0 Å². The van der Waals surface area contributed by atoms with Crippen LogP contribution >= 0.6 is 0 Å². The summed E-state index contributed by atoms with van der Waals surface area (Å²) in [6.07, 6.45) is 0.900. The number of benzene rings is 2. The van der Waals surface area contributed by atoms with Crippen molar-refractivity contribution in [3.05, 3.63) is 65.2 Å². The van der Waals surface area contributed by atoms with Gasteiger partial charge in [-0.15, -0.1) is 0 Å². The topological polar surface area (TPSA) is 30.5 Å². The Hall–Kier alpha value is -1.84. The maximum atomic E-state index is 6.40. The van der Waals surface area contributed by atoms with Crippen LogP contribution in [0.4, 0.5) is 0 Å². The van der Waals surface area contributed by atoms with Gasteiger partial charge in [-0.05, 0) is 30.7 Å². The second-order valence-electron chi connectivity index (χ2n) is 5.61. The lowest BCUT2D eigenvalue weighted by atomic mass is 9.95. The summed E-state index contributed by atoms with van der Waals surface area (Å²) in [7, 11) is 1.95. The highest BCUT2D eigenvalue weighted by Gasteiger charge is 2.32. The van der Waals surface area contributed by atoms with Crippen molar-refractivity contribution in [2.24, 2.45) is 0 Å². The molecule has 3 rings (SSSR count). The fourth-order valence-corrected chi connectivity index (χ4v) is 2.98. The first kappa shape index (κ1) is 15.1. The monoisotopic (exact) mass is 297 g/mol. The van der Waals surface area contributed by atoms with Gasteiger partial charge in [-0.2, -0.15) is 0 Å². The summed E-state index contributed by atoms with van der Waals surface area (Å²) in [5.74, 6) is 0.955. The van der Waals surface area contributed by atoms with Gasteiger partial charge in [0.2, 0.25) is 0 Å². The van der Waals surface area contributed by atoms with E-state index in [-0.39, 0.29) is 12.2 Å². The summed E-state index contributed by atoms with van der Waals surface area (Å²) in [4.78, 5) is 0. The van der Waals surface area contributed by atoms with E-state index in [4.69, 9.17) is 9.47 Å². The first-order valence-corrected chi connectivity index (χ1v) is 7.92. The molecule has 0 saturated carbocycles. The van der Waals surface area contributed by atoms with Gasteiger partial charge in [0.05, 0.1) is 6.61 Å². The van der Waals surface area contributed by atoms with Crippen LogP contribution in [-0.2, 0) is 17.8 Å². The lowest BCUT2D eigenvalue weighted by Gasteiger charge is -2.34. The number of ether oxygens (including phenoxy) is 2. The van der Waals surface area contributed by atoms with Crippen LogP contribution in [0.15, 0.2) is 48.5 Å². The molecular formula is C19H23NO2. The van der Waals surface area contributed by atoms with Crippen LogP contribution in [0.3, 0.4) is 0 Å². The highest BCUT2D eigenvalue weighted by atomic mass is 16.5. The third-order valence-corrected chi connectivity index (χ3v) is 4.16. The molecule has 1 heterocycles. The Morgan fingerprint density at radius 3 is 2.73 bits per heavy atom. The molecular weight excluding hydrogens is 274 g/mol. The highest BCUT2D eigenvalue weighted by molar-refractivity contribution is 5.36. The van der Waals surface area contributed by atoms with Gasteiger partial charge in [0.25, 0.3) is 0 Å². The van der Waals surface area contributed by atoms with E-state index in [0.717, 1.165) is 18.7 Å². The Bertz CT molecular complexity index is 626. The largest absolute Gasteiger partial charge is 0.483 e. The number of likely N-dealkylation sites (N-methyl/N-ethyl adjacent to an activating group) is 1. The van der Waals surface area contributed by atoms with Crippen molar-refractivity contribution in [1.82, 2.24) is 5.32 Å².